The maximum Gasteiger partial charge on any atom is 0.322 e. The van der Waals surface area contributed by atoms with E-state index >= 15 is 0 Å². The molecule has 0 fully saturated rings. The minimum atomic E-state index is -0.545. The molecule has 0 aromatic carbocycles. The van der Waals surface area contributed by atoms with Crippen molar-refractivity contribution in [2.75, 3.05) is 20.3 Å². The smallest absolute Gasteiger partial charge is 0.322 e. The zero-order chi connectivity index (χ0) is 7.98. The molecule has 0 amide bonds. The molecule has 0 saturated carbocycles. The number of esters is 1. The van der Waals surface area contributed by atoms with Crippen molar-refractivity contribution in [1.82, 2.24) is 0 Å². The molecule has 0 spiro atoms. The van der Waals surface area contributed by atoms with Crippen LogP contribution >= 0.6 is 0 Å². The van der Waals surface area contributed by atoms with E-state index in [4.69, 9.17) is 5.73 Å². The second-order valence-corrected chi connectivity index (χ2v) is 1.95. The van der Waals surface area contributed by atoms with Crippen molar-refractivity contribution < 1.29 is 14.3 Å². The van der Waals surface area contributed by atoms with Gasteiger partial charge in [0.2, 0.25) is 0 Å². The molecule has 0 aromatic rings. The van der Waals surface area contributed by atoms with E-state index in [9.17, 15) is 4.79 Å². The van der Waals surface area contributed by atoms with Crippen molar-refractivity contribution in [2.24, 2.45) is 5.73 Å². The van der Waals surface area contributed by atoms with Crippen molar-refractivity contribution in [3.05, 3.63) is 0 Å². The zero-order valence-electron chi connectivity index (χ0n) is 6.29. The minimum absolute atomic E-state index is 0.275. The first-order chi connectivity index (χ1) is 4.68. The van der Waals surface area contributed by atoms with E-state index in [0.717, 1.165) is 0 Å². The topological polar surface area (TPSA) is 61.5 Å². The summed E-state index contributed by atoms with van der Waals surface area (Å²) in [6.45, 7) is 2.27. The lowest BCUT2D eigenvalue weighted by atomic mass is 10.4. The van der Waals surface area contributed by atoms with E-state index in [1.165, 1.54) is 0 Å². The van der Waals surface area contributed by atoms with Crippen molar-refractivity contribution >= 4 is 5.97 Å². The molecule has 0 radical (unpaired) electrons. The van der Waals surface area contributed by atoms with Gasteiger partial charge in [0.25, 0.3) is 0 Å². The molecule has 10 heavy (non-hydrogen) atoms. The van der Waals surface area contributed by atoms with Crippen LogP contribution in [0.5, 0.6) is 0 Å². The number of nitrogens with two attached hydrogens (primary N) is 1. The Morgan fingerprint density at radius 3 is 2.60 bits per heavy atom. The van der Waals surface area contributed by atoms with Crippen molar-refractivity contribution in [3.8, 4) is 0 Å². The first-order valence-corrected chi connectivity index (χ1v) is 3.09. The van der Waals surface area contributed by atoms with Gasteiger partial charge in [0, 0.05) is 7.11 Å². The summed E-state index contributed by atoms with van der Waals surface area (Å²) in [7, 11) is 1.54. The standard InChI is InChI=1S/C6H13NO3/c1-5(7)6(8)10-4-3-9-2/h5H,3-4,7H2,1-2H3/t5-/m1/s1. The summed E-state index contributed by atoms with van der Waals surface area (Å²) < 4.78 is 9.31. The summed E-state index contributed by atoms with van der Waals surface area (Å²) in [5, 5.41) is 0. The van der Waals surface area contributed by atoms with Crippen LogP contribution in [0, 0.1) is 0 Å². The number of hydrogen-bond donors (Lipinski definition) is 1. The van der Waals surface area contributed by atoms with E-state index in [1.807, 2.05) is 0 Å². The van der Waals surface area contributed by atoms with Crippen LogP contribution < -0.4 is 5.73 Å². The second kappa shape index (κ2) is 5.20. The van der Waals surface area contributed by atoms with Gasteiger partial charge < -0.3 is 15.2 Å². The molecule has 0 aromatic heterocycles. The zero-order valence-corrected chi connectivity index (χ0v) is 6.29. The monoisotopic (exact) mass is 147 g/mol. The maximum atomic E-state index is 10.6. The number of ether oxygens (including phenoxy) is 2. The predicted molar refractivity (Wildman–Crippen MR) is 36.5 cm³/mol. The third-order valence-electron chi connectivity index (χ3n) is 0.904. The second-order valence-electron chi connectivity index (χ2n) is 1.95. The largest absolute Gasteiger partial charge is 0.462 e. The lowest BCUT2D eigenvalue weighted by Crippen LogP contribution is -2.29. The summed E-state index contributed by atoms with van der Waals surface area (Å²) in [5.74, 6) is -0.392. The Hall–Kier alpha value is -0.610. The molecule has 0 rings (SSSR count). The number of hydrogen-bond acceptors (Lipinski definition) is 4. The quantitative estimate of drug-likeness (QED) is 0.431. The highest BCUT2D eigenvalue weighted by Gasteiger charge is 2.06. The van der Waals surface area contributed by atoms with Gasteiger partial charge in [-0.2, -0.15) is 0 Å². The molecule has 0 bridgehead atoms. The Bertz CT molecular complexity index is 103. The summed E-state index contributed by atoms with van der Waals surface area (Å²) in [6, 6.07) is -0.545. The highest BCUT2D eigenvalue weighted by Crippen LogP contribution is 1.83. The van der Waals surface area contributed by atoms with Gasteiger partial charge in [-0.25, -0.2) is 0 Å². The van der Waals surface area contributed by atoms with Gasteiger partial charge >= 0.3 is 5.97 Å². The van der Waals surface area contributed by atoms with Crippen LogP contribution in [-0.2, 0) is 14.3 Å². The van der Waals surface area contributed by atoms with Crippen LogP contribution in [0.1, 0.15) is 6.92 Å². The van der Waals surface area contributed by atoms with Gasteiger partial charge in [0.1, 0.15) is 12.6 Å². The fourth-order valence-electron chi connectivity index (χ4n) is 0.357. The summed E-state index contributed by atoms with van der Waals surface area (Å²) in [4.78, 5) is 10.6. The van der Waals surface area contributed by atoms with E-state index in [-0.39, 0.29) is 6.61 Å². The molecule has 0 saturated heterocycles. The molecule has 0 heterocycles. The molecular formula is C6H13NO3. The van der Waals surface area contributed by atoms with Crippen LogP contribution in [0.15, 0.2) is 0 Å². The number of carbonyl (C=O) groups is 1. The van der Waals surface area contributed by atoms with Gasteiger partial charge in [0.15, 0.2) is 0 Å². The van der Waals surface area contributed by atoms with Crippen LogP contribution in [0.2, 0.25) is 0 Å². The average Bonchev–Trinajstić information content (AvgIpc) is 1.88. The van der Waals surface area contributed by atoms with Crippen LogP contribution in [0.4, 0.5) is 0 Å². The van der Waals surface area contributed by atoms with Gasteiger partial charge in [-0.3, -0.25) is 4.79 Å². The molecule has 0 aliphatic rings. The van der Waals surface area contributed by atoms with Gasteiger partial charge in [-0.1, -0.05) is 0 Å². The number of rotatable bonds is 4. The molecule has 0 aliphatic carbocycles. The van der Waals surface area contributed by atoms with E-state index in [0.29, 0.717) is 6.61 Å². The summed E-state index contributed by atoms with van der Waals surface area (Å²) in [6.07, 6.45) is 0. The predicted octanol–water partition coefficient (Wildman–Crippen LogP) is -0.477. The molecule has 0 unspecified atom stereocenters. The molecule has 1 atom stereocenters. The average molecular weight is 147 g/mol. The molecular weight excluding hydrogens is 134 g/mol. The highest BCUT2D eigenvalue weighted by molar-refractivity contribution is 5.74. The van der Waals surface area contributed by atoms with Gasteiger partial charge in [0.05, 0.1) is 6.61 Å². The maximum absolute atomic E-state index is 10.6. The fourth-order valence-corrected chi connectivity index (χ4v) is 0.357. The fraction of sp³-hybridized carbons (Fsp3) is 0.833. The first-order valence-electron chi connectivity index (χ1n) is 3.09. The molecule has 4 nitrogen and oxygen atoms in total. The van der Waals surface area contributed by atoms with E-state index in [2.05, 4.69) is 9.47 Å². The van der Waals surface area contributed by atoms with Crippen molar-refractivity contribution in [1.29, 1.82) is 0 Å². The van der Waals surface area contributed by atoms with Gasteiger partial charge in [-0.05, 0) is 6.92 Å². The lowest BCUT2D eigenvalue weighted by molar-refractivity contribution is -0.145. The molecule has 0 aliphatic heterocycles. The summed E-state index contributed by atoms with van der Waals surface area (Å²) >= 11 is 0. The van der Waals surface area contributed by atoms with E-state index in [1.54, 1.807) is 14.0 Å². The summed E-state index contributed by atoms with van der Waals surface area (Å²) in [5.41, 5.74) is 5.20. The van der Waals surface area contributed by atoms with Crippen LogP contribution in [0.25, 0.3) is 0 Å². The molecule has 60 valence electrons. The highest BCUT2D eigenvalue weighted by atomic mass is 16.6. The van der Waals surface area contributed by atoms with Gasteiger partial charge in [-0.15, -0.1) is 0 Å². The van der Waals surface area contributed by atoms with Crippen LogP contribution in [-0.4, -0.2) is 32.3 Å². The van der Waals surface area contributed by atoms with Crippen LogP contribution in [0.3, 0.4) is 0 Å². The molecule has 2 N–H and O–H groups in total. The van der Waals surface area contributed by atoms with E-state index < -0.39 is 12.0 Å². The SMILES string of the molecule is COCCOC(=O)[C@@H](C)N. The Morgan fingerprint density at radius 1 is 1.60 bits per heavy atom. The molecule has 4 heteroatoms. The minimum Gasteiger partial charge on any atom is -0.462 e. The number of carbonyl (C=O) groups excluding carboxylic acids is 1. The third kappa shape index (κ3) is 4.29. The normalized spacial score (nSPS) is 12.7. The third-order valence-corrected chi connectivity index (χ3v) is 0.904. The Labute approximate surface area is 60.3 Å². The first kappa shape index (κ1) is 9.39. The Morgan fingerprint density at radius 2 is 2.20 bits per heavy atom. The van der Waals surface area contributed by atoms with Crippen molar-refractivity contribution in [3.63, 3.8) is 0 Å². The lowest BCUT2D eigenvalue weighted by Gasteiger charge is -2.05. The van der Waals surface area contributed by atoms with Crippen molar-refractivity contribution in [2.45, 2.75) is 13.0 Å². The Kier molecular flexibility index (Phi) is 4.88. The Balaban J connectivity index is 3.22. The number of methoxy groups -OCH3 is 1.